The number of rotatable bonds is 8. The summed E-state index contributed by atoms with van der Waals surface area (Å²) in [5.74, 6) is 2.89. The molecule has 3 rings (SSSR count). The average molecular weight is 398 g/mol. The van der Waals surface area contributed by atoms with Crippen molar-refractivity contribution in [3.05, 3.63) is 54.0 Å². The zero-order valence-corrected chi connectivity index (χ0v) is 15.7. The highest BCUT2D eigenvalue weighted by atomic mass is 16.4. The summed E-state index contributed by atoms with van der Waals surface area (Å²) in [7, 11) is 0. The summed E-state index contributed by atoms with van der Waals surface area (Å²) in [4.78, 5) is 38.1. The van der Waals surface area contributed by atoms with E-state index in [1.807, 2.05) is 0 Å². The van der Waals surface area contributed by atoms with Crippen LogP contribution in [0.25, 0.3) is 0 Å². The van der Waals surface area contributed by atoms with E-state index in [4.69, 9.17) is 10.3 Å². The van der Waals surface area contributed by atoms with Gasteiger partial charge in [-0.1, -0.05) is 12.1 Å². The maximum absolute atomic E-state index is 12.7. The predicted molar refractivity (Wildman–Crippen MR) is 105 cm³/mol. The van der Waals surface area contributed by atoms with Crippen molar-refractivity contribution in [3.8, 4) is 0 Å². The zero-order chi connectivity index (χ0) is 20.8. The van der Waals surface area contributed by atoms with Crippen LogP contribution in [0.1, 0.15) is 24.0 Å². The summed E-state index contributed by atoms with van der Waals surface area (Å²) in [6, 6.07) is 7.75. The van der Waals surface area contributed by atoms with Crippen LogP contribution < -0.4 is 16.1 Å². The van der Waals surface area contributed by atoms with Crippen LogP contribution in [0.3, 0.4) is 0 Å². The minimum absolute atomic E-state index is 0.0532. The van der Waals surface area contributed by atoms with E-state index in [2.05, 4.69) is 10.4 Å². The number of anilines is 1. The maximum Gasteiger partial charge on any atom is 0.326 e. The van der Waals surface area contributed by atoms with E-state index in [0.717, 1.165) is 11.3 Å². The van der Waals surface area contributed by atoms with E-state index in [0.29, 0.717) is 18.5 Å². The third-order valence-electron chi connectivity index (χ3n) is 4.83. The Hall–Kier alpha value is -3.62. The third kappa shape index (κ3) is 5.01. The summed E-state index contributed by atoms with van der Waals surface area (Å²) in [6.45, 7) is 0.498. The molecule has 0 saturated carbocycles. The molecule has 4 N–H and O–H groups in total. The molecule has 152 valence electrons. The van der Waals surface area contributed by atoms with Crippen LogP contribution in [0, 0.1) is 5.92 Å². The maximum atomic E-state index is 12.7. The lowest BCUT2D eigenvalue weighted by Crippen LogP contribution is -2.43. The predicted octanol–water partition coefficient (Wildman–Crippen LogP) is 1.13. The lowest BCUT2D eigenvalue weighted by atomic mass is 10.0. The fourth-order valence-corrected chi connectivity index (χ4v) is 3.33. The lowest BCUT2D eigenvalue weighted by molar-refractivity contribution is -0.142. The van der Waals surface area contributed by atoms with E-state index in [1.54, 1.807) is 35.2 Å². The average Bonchev–Trinajstić information content (AvgIpc) is 3.33. The molecule has 0 spiro atoms. The second kappa shape index (κ2) is 9.05. The molecule has 2 atom stereocenters. The van der Waals surface area contributed by atoms with Gasteiger partial charge in [-0.25, -0.2) is 4.79 Å². The number of carbonyl (C=O) groups excluding carboxylic acids is 2. The minimum Gasteiger partial charge on any atom is -0.480 e. The lowest BCUT2D eigenvalue weighted by Gasteiger charge is -2.18. The number of carboxylic acid groups (broad SMARTS) is 1. The first-order valence-electron chi connectivity index (χ1n) is 9.16. The number of hydrazone groups is 1. The Bertz CT molecular complexity index is 892. The number of furan rings is 1. The summed E-state index contributed by atoms with van der Waals surface area (Å²) in [5, 5.41) is 15.3. The number of nitrogens with one attached hydrogen (secondary N) is 1. The van der Waals surface area contributed by atoms with Gasteiger partial charge in [0.1, 0.15) is 6.04 Å². The summed E-state index contributed by atoms with van der Waals surface area (Å²) in [6.07, 6.45) is 4.97. The first kappa shape index (κ1) is 20.1. The van der Waals surface area contributed by atoms with E-state index in [1.165, 1.54) is 18.7 Å². The molecule has 0 radical (unpaired) electrons. The number of hydrogen-bond acceptors (Lipinski definition) is 6. The third-order valence-corrected chi connectivity index (χ3v) is 4.83. The first-order valence-corrected chi connectivity index (χ1v) is 9.16. The molecule has 29 heavy (non-hydrogen) atoms. The van der Waals surface area contributed by atoms with Crippen LogP contribution in [0.15, 0.2) is 52.4 Å². The number of carboxylic acids is 1. The van der Waals surface area contributed by atoms with Gasteiger partial charge in [0.2, 0.25) is 11.8 Å². The van der Waals surface area contributed by atoms with Crippen molar-refractivity contribution in [2.24, 2.45) is 16.9 Å². The Morgan fingerprint density at radius 2 is 2.10 bits per heavy atom. The molecular formula is C20H22N4O5. The Morgan fingerprint density at radius 1 is 1.34 bits per heavy atom. The van der Waals surface area contributed by atoms with Gasteiger partial charge in [0.15, 0.2) is 0 Å². The van der Waals surface area contributed by atoms with Gasteiger partial charge in [-0.15, -0.1) is 0 Å². The fourth-order valence-electron chi connectivity index (χ4n) is 3.33. The van der Waals surface area contributed by atoms with Crippen molar-refractivity contribution in [1.29, 1.82) is 0 Å². The highest BCUT2D eigenvalue weighted by Gasteiger charge is 2.34. The fraction of sp³-hybridized carbons (Fsp3) is 0.300. The number of aliphatic carboxylic acids is 1. The van der Waals surface area contributed by atoms with E-state index in [9.17, 15) is 19.5 Å². The van der Waals surface area contributed by atoms with Crippen LogP contribution in [-0.2, 0) is 20.8 Å². The molecular weight excluding hydrogens is 376 g/mol. The van der Waals surface area contributed by atoms with Crippen LogP contribution in [0.2, 0.25) is 0 Å². The van der Waals surface area contributed by atoms with Crippen molar-refractivity contribution >= 4 is 29.7 Å². The van der Waals surface area contributed by atoms with Crippen LogP contribution in [0.5, 0.6) is 0 Å². The number of nitrogens with two attached hydrogens (primary N) is 1. The molecule has 1 fully saturated rings. The highest BCUT2D eigenvalue weighted by Crippen LogP contribution is 2.27. The molecule has 2 amide bonds. The summed E-state index contributed by atoms with van der Waals surface area (Å²) >= 11 is 0. The molecule has 0 aliphatic carbocycles. The van der Waals surface area contributed by atoms with Gasteiger partial charge in [0, 0.05) is 31.0 Å². The SMILES string of the molecule is NN=Cc1ccc(N2CCC(CC(=O)N[C@@H](Cc3ccoc3)C(=O)O)C2=O)cc1. The number of amides is 2. The Labute approximate surface area is 167 Å². The molecule has 9 heteroatoms. The first-order chi connectivity index (χ1) is 14.0. The van der Waals surface area contributed by atoms with Crippen molar-refractivity contribution in [1.82, 2.24) is 5.32 Å². The topological polar surface area (TPSA) is 138 Å². The van der Waals surface area contributed by atoms with Crippen molar-refractivity contribution in [3.63, 3.8) is 0 Å². The quantitative estimate of drug-likeness (QED) is 0.346. The van der Waals surface area contributed by atoms with Gasteiger partial charge in [-0.05, 0) is 35.7 Å². The highest BCUT2D eigenvalue weighted by molar-refractivity contribution is 5.99. The number of nitrogens with zero attached hydrogens (tertiary/aromatic N) is 2. The normalized spacial score (nSPS) is 17.6. The van der Waals surface area contributed by atoms with E-state index in [-0.39, 0.29) is 18.7 Å². The van der Waals surface area contributed by atoms with E-state index < -0.39 is 23.8 Å². The Kier molecular flexibility index (Phi) is 6.28. The van der Waals surface area contributed by atoms with Gasteiger partial charge >= 0.3 is 5.97 Å². The second-order valence-corrected chi connectivity index (χ2v) is 6.84. The van der Waals surface area contributed by atoms with Gasteiger partial charge in [0.25, 0.3) is 0 Å². The molecule has 2 aromatic rings. The van der Waals surface area contributed by atoms with Crippen LogP contribution in [-0.4, -0.2) is 41.7 Å². The summed E-state index contributed by atoms with van der Waals surface area (Å²) < 4.78 is 4.93. The molecule has 0 bridgehead atoms. The second-order valence-electron chi connectivity index (χ2n) is 6.84. The molecule has 1 aliphatic rings. The van der Waals surface area contributed by atoms with Gasteiger partial charge in [-0.3, -0.25) is 9.59 Å². The van der Waals surface area contributed by atoms with Gasteiger partial charge in [-0.2, -0.15) is 5.10 Å². The molecule has 1 aliphatic heterocycles. The molecule has 1 aromatic heterocycles. The van der Waals surface area contributed by atoms with E-state index >= 15 is 0 Å². The van der Waals surface area contributed by atoms with Crippen LogP contribution in [0.4, 0.5) is 5.69 Å². The van der Waals surface area contributed by atoms with Crippen LogP contribution >= 0.6 is 0 Å². The zero-order valence-electron chi connectivity index (χ0n) is 15.7. The monoisotopic (exact) mass is 398 g/mol. The Balaban J connectivity index is 1.57. The van der Waals surface area contributed by atoms with Crippen molar-refractivity contribution in [2.45, 2.75) is 25.3 Å². The largest absolute Gasteiger partial charge is 0.480 e. The number of carbonyl (C=O) groups is 3. The van der Waals surface area contributed by atoms with Gasteiger partial charge < -0.3 is 25.6 Å². The van der Waals surface area contributed by atoms with Crippen molar-refractivity contribution < 1.29 is 23.9 Å². The number of benzene rings is 1. The molecule has 1 saturated heterocycles. The van der Waals surface area contributed by atoms with Gasteiger partial charge in [0.05, 0.1) is 18.7 Å². The number of hydrogen-bond donors (Lipinski definition) is 3. The molecule has 1 aromatic carbocycles. The Morgan fingerprint density at radius 3 is 2.72 bits per heavy atom. The summed E-state index contributed by atoms with van der Waals surface area (Å²) in [5.41, 5.74) is 2.22. The smallest absolute Gasteiger partial charge is 0.326 e. The minimum atomic E-state index is -1.14. The molecule has 1 unspecified atom stereocenters. The van der Waals surface area contributed by atoms with Crippen molar-refractivity contribution in [2.75, 3.05) is 11.4 Å². The molecule has 9 nitrogen and oxygen atoms in total. The standard InChI is InChI=1S/C20H22N4O5/c21-22-11-13-1-3-16(4-2-13)24-7-5-15(19(24)26)10-18(25)23-17(20(27)28)9-14-6-8-29-12-14/h1-4,6,8,11-12,15,17H,5,7,9-10,21H2,(H,23,25)(H,27,28)/t15?,17-/m0/s1. The molecule has 2 heterocycles.